The molecule has 0 spiro atoms. The molecule has 0 fully saturated rings. The van der Waals surface area contributed by atoms with Crippen LogP contribution in [0.1, 0.15) is 26.3 Å². The van der Waals surface area contributed by atoms with Gasteiger partial charge in [-0.3, -0.25) is 4.79 Å². The normalized spacial score (nSPS) is 10.6. The van der Waals surface area contributed by atoms with Gasteiger partial charge in [-0.15, -0.1) is 0 Å². The topological polar surface area (TPSA) is 60.4 Å². The van der Waals surface area contributed by atoms with Crippen molar-refractivity contribution in [1.29, 1.82) is 0 Å². The van der Waals surface area contributed by atoms with Gasteiger partial charge in [0.05, 0.1) is 5.97 Å². The number of carbonyl (C=O) groups is 2. The predicted molar refractivity (Wildman–Crippen MR) is 84.9 cm³/mol. The first kappa shape index (κ1) is 15.5. The van der Waals surface area contributed by atoms with Crippen LogP contribution in [0, 0.1) is 0 Å². The molecule has 0 saturated heterocycles. The summed E-state index contributed by atoms with van der Waals surface area (Å²) in [6.45, 7) is 0. The third-order valence-corrected chi connectivity index (χ3v) is 3.22. The summed E-state index contributed by atoms with van der Waals surface area (Å²) in [7, 11) is 3.91. The van der Waals surface area contributed by atoms with Crippen molar-refractivity contribution >= 4 is 23.5 Å². The third-order valence-electron chi connectivity index (χ3n) is 3.22. The maximum Gasteiger partial charge on any atom is 0.185 e. The maximum absolute atomic E-state index is 12.1. The molecular formula is C18H16NO3-. The molecule has 0 aliphatic heterocycles. The lowest BCUT2D eigenvalue weighted by molar-refractivity contribution is -0.255. The standard InChI is InChI=1S/C18H17NO3/c1-19(2)16-9-6-13(7-10-16)8-11-17(20)14-4-3-5-15(12-14)18(21)22/h3-12H,1-2H3,(H,21,22)/p-1/b11-8+. The van der Waals surface area contributed by atoms with E-state index in [0.717, 1.165) is 11.3 Å². The number of anilines is 1. The molecular weight excluding hydrogens is 278 g/mol. The van der Waals surface area contributed by atoms with Gasteiger partial charge in [0.1, 0.15) is 0 Å². The van der Waals surface area contributed by atoms with Crippen LogP contribution in [0.2, 0.25) is 0 Å². The Balaban J connectivity index is 2.14. The highest BCUT2D eigenvalue weighted by molar-refractivity contribution is 6.07. The lowest BCUT2D eigenvalue weighted by Gasteiger charge is -2.11. The summed E-state index contributed by atoms with van der Waals surface area (Å²) in [4.78, 5) is 24.8. The zero-order valence-corrected chi connectivity index (χ0v) is 12.4. The zero-order chi connectivity index (χ0) is 16.1. The van der Waals surface area contributed by atoms with Crippen molar-refractivity contribution in [3.8, 4) is 0 Å². The molecule has 0 heterocycles. The van der Waals surface area contributed by atoms with Crippen molar-refractivity contribution < 1.29 is 14.7 Å². The molecule has 0 aliphatic carbocycles. The number of carbonyl (C=O) groups excluding carboxylic acids is 2. The van der Waals surface area contributed by atoms with E-state index in [1.807, 2.05) is 43.3 Å². The average Bonchev–Trinajstić information content (AvgIpc) is 2.53. The summed E-state index contributed by atoms with van der Waals surface area (Å²) in [6, 6.07) is 13.6. The highest BCUT2D eigenvalue weighted by Gasteiger charge is 2.03. The molecule has 22 heavy (non-hydrogen) atoms. The van der Waals surface area contributed by atoms with Crippen LogP contribution >= 0.6 is 0 Å². The van der Waals surface area contributed by atoms with Crippen LogP contribution < -0.4 is 10.0 Å². The van der Waals surface area contributed by atoms with E-state index in [0.29, 0.717) is 5.56 Å². The van der Waals surface area contributed by atoms with Crippen LogP contribution in [-0.2, 0) is 0 Å². The van der Waals surface area contributed by atoms with Crippen molar-refractivity contribution in [3.63, 3.8) is 0 Å². The number of allylic oxidation sites excluding steroid dienone is 1. The number of carboxylic acid groups (broad SMARTS) is 1. The Labute approximate surface area is 129 Å². The smallest absolute Gasteiger partial charge is 0.185 e. The Bertz CT molecular complexity index is 715. The van der Waals surface area contributed by atoms with E-state index >= 15 is 0 Å². The minimum absolute atomic E-state index is 0.00501. The highest BCUT2D eigenvalue weighted by Crippen LogP contribution is 2.14. The molecule has 0 bridgehead atoms. The third kappa shape index (κ3) is 3.82. The summed E-state index contributed by atoms with van der Waals surface area (Å²) in [5.41, 5.74) is 2.29. The van der Waals surface area contributed by atoms with Crippen LogP contribution in [-0.4, -0.2) is 25.8 Å². The van der Waals surface area contributed by atoms with Crippen LogP contribution in [0.25, 0.3) is 6.08 Å². The first-order valence-electron chi connectivity index (χ1n) is 6.78. The van der Waals surface area contributed by atoms with Crippen LogP contribution in [0.15, 0.2) is 54.6 Å². The first-order chi connectivity index (χ1) is 10.5. The fraction of sp³-hybridized carbons (Fsp3) is 0.111. The van der Waals surface area contributed by atoms with E-state index in [1.165, 1.54) is 24.3 Å². The van der Waals surface area contributed by atoms with Gasteiger partial charge in [-0.1, -0.05) is 36.4 Å². The fourth-order valence-corrected chi connectivity index (χ4v) is 1.95. The minimum Gasteiger partial charge on any atom is -0.545 e. The van der Waals surface area contributed by atoms with Gasteiger partial charge in [-0.2, -0.15) is 0 Å². The summed E-state index contributed by atoms with van der Waals surface area (Å²) >= 11 is 0. The molecule has 2 aromatic rings. The molecule has 2 rings (SSSR count). The van der Waals surface area contributed by atoms with Crippen LogP contribution in [0.5, 0.6) is 0 Å². The van der Waals surface area contributed by atoms with Gasteiger partial charge in [-0.05, 0) is 35.4 Å². The van der Waals surface area contributed by atoms with Gasteiger partial charge in [0.2, 0.25) is 0 Å². The van der Waals surface area contributed by atoms with Crippen molar-refractivity contribution in [2.75, 3.05) is 19.0 Å². The molecule has 4 nitrogen and oxygen atoms in total. The van der Waals surface area contributed by atoms with E-state index in [4.69, 9.17) is 0 Å². The van der Waals surface area contributed by atoms with Crippen molar-refractivity contribution in [2.45, 2.75) is 0 Å². The van der Waals surface area contributed by atoms with Crippen LogP contribution in [0.4, 0.5) is 5.69 Å². The minimum atomic E-state index is -1.29. The number of aromatic carboxylic acids is 1. The van der Waals surface area contributed by atoms with Crippen LogP contribution in [0.3, 0.4) is 0 Å². The summed E-state index contributed by atoms with van der Waals surface area (Å²) < 4.78 is 0. The monoisotopic (exact) mass is 294 g/mol. The number of hydrogen-bond acceptors (Lipinski definition) is 4. The Hall–Kier alpha value is -2.88. The quantitative estimate of drug-likeness (QED) is 0.625. The number of carboxylic acids is 1. The number of hydrogen-bond donors (Lipinski definition) is 0. The molecule has 0 N–H and O–H groups in total. The number of rotatable bonds is 5. The SMILES string of the molecule is CN(C)c1ccc(/C=C/C(=O)c2cccc(C(=O)[O-])c2)cc1. The first-order valence-corrected chi connectivity index (χ1v) is 6.78. The zero-order valence-electron chi connectivity index (χ0n) is 12.4. The summed E-state index contributed by atoms with van der Waals surface area (Å²) in [5.74, 6) is -1.54. The molecule has 2 aromatic carbocycles. The van der Waals surface area contributed by atoms with E-state index in [9.17, 15) is 14.7 Å². The van der Waals surface area contributed by atoms with Gasteiger partial charge in [0, 0.05) is 25.3 Å². The van der Waals surface area contributed by atoms with Gasteiger partial charge in [0.15, 0.2) is 5.78 Å². The summed E-state index contributed by atoms with van der Waals surface area (Å²) in [5, 5.41) is 10.8. The second-order valence-electron chi connectivity index (χ2n) is 5.05. The molecule has 112 valence electrons. The van der Waals surface area contributed by atoms with Crippen molar-refractivity contribution in [3.05, 3.63) is 71.3 Å². The van der Waals surface area contributed by atoms with E-state index in [2.05, 4.69) is 0 Å². The van der Waals surface area contributed by atoms with Gasteiger partial charge >= 0.3 is 0 Å². The van der Waals surface area contributed by atoms with E-state index in [1.54, 1.807) is 12.1 Å². The van der Waals surface area contributed by atoms with Gasteiger partial charge in [0.25, 0.3) is 0 Å². The second kappa shape index (κ2) is 6.72. The Morgan fingerprint density at radius 3 is 2.23 bits per heavy atom. The lowest BCUT2D eigenvalue weighted by atomic mass is 10.1. The maximum atomic E-state index is 12.1. The summed E-state index contributed by atoms with van der Waals surface area (Å²) in [6.07, 6.45) is 3.13. The number of benzene rings is 2. The molecule has 0 saturated carbocycles. The average molecular weight is 294 g/mol. The Morgan fingerprint density at radius 1 is 1.00 bits per heavy atom. The van der Waals surface area contributed by atoms with Crippen molar-refractivity contribution in [1.82, 2.24) is 0 Å². The second-order valence-corrected chi connectivity index (χ2v) is 5.05. The highest BCUT2D eigenvalue weighted by atomic mass is 16.4. The molecule has 0 unspecified atom stereocenters. The Morgan fingerprint density at radius 2 is 1.64 bits per heavy atom. The lowest BCUT2D eigenvalue weighted by Crippen LogP contribution is -2.22. The van der Waals surface area contributed by atoms with E-state index in [-0.39, 0.29) is 11.3 Å². The number of nitrogens with zero attached hydrogens (tertiary/aromatic N) is 1. The largest absolute Gasteiger partial charge is 0.545 e. The molecule has 4 heteroatoms. The fourth-order valence-electron chi connectivity index (χ4n) is 1.95. The Kier molecular flexibility index (Phi) is 4.73. The van der Waals surface area contributed by atoms with E-state index < -0.39 is 5.97 Å². The number of ketones is 1. The predicted octanol–water partition coefficient (Wildman–Crippen LogP) is 2.01. The van der Waals surface area contributed by atoms with Gasteiger partial charge < -0.3 is 14.8 Å². The molecule has 0 aliphatic rings. The molecule has 0 radical (unpaired) electrons. The molecule has 0 atom stereocenters. The van der Waals surface area contributed by atoms with Crippen molar-refractivity contribution in [2.24, 2.45) is 0 Å². The van der Waals surface area contributed by atoms with Gasteiger partial charge in [-0.25, -0.2) is 0 Å². The molecule has 0 aromatic heterocycles. The molecule has 0 amide bonds.